The second-order valence-electron chi connectivity index (χ2n) is 4.94. The van der Waals surface area contributed by atoms with Crippen molar-refractivity contribution in [3.8, 4) is 5.75 Å². The molecule has 100 valence electrons. The molecule has 0 unspecified atom stereocenters. The SMILES string of the molecule is Cc1ccccc1OCc1csc(CNC2CC2)n1. The normalized spacial score (nSPS) is 14.6. The van der Waals surface area contributed by atoms with Gasteiger partial charge in [0.05, 0.1) is 5.69 Å². The Balaban J connectivity index is 1.53. The summed E-state index contributed by atoms with van der Waals surface area (Å²) >= 11 is 1.71. The Labute approximate surface area is 117 Å². The topological polar surface area (TPSA) is 34.1 Å². The van der Waals surface area contributed by atoms with Crippen LogP contribution in [0.2, 0.25) is 0 Å². The Hall–Kier alpha value is -1.39. The molecule has 1 aromatic carbocycles. The molecular formula is C15H18N2OS. The Kier molecular flexibility index (Phi) is 3.80. The smallest absolute Gasteiger partial charge is 0.131 e. The molecule has 1 fully saturated rings. The van der Waals surface area contributed by atoms with E-state index in [2.05, 4.69) is 28.7 Å². The molecule has 0 atom stereocenters. The van der Waals surface area contributed by atoms with Crippen LogP contribution >= 0.6 is 11.3 Å². The highest BCUT2D eigenvalue weighted by Gasteiger charge is 2.20. The zero-order valence-electron chi connectivity index (χ0n) is 11.1. The molecule has 0 amide bonds. The molecule has 0 spiro atoms. The number of ether oxygens (including phenoxy) is 1. The third-order valence-electron chi connectivity index (χ3n) is 3.19. The Bertz CT molecular complexity index is 549. The lowest BCUT2D eigenvalue weighted by Gasteiger charge is -2.06. The molecular weight excluding hydrogens is 256 g/mol. The van der Waals surface area contributed by atoms with Gasteiger partial charge < -0.3 is 10.1 Å². The molecule has 19 heavy (non-hydrogen) atoms. The quantitative estimate of drug-likeness (QED) is 0.877. The van der Waals surface area contributed by atoms with Crippen molar-refractivity contribution >= 4 is 11.3 Å². The predicted octanol–water partition coefficient (Wildman–Crippen LogP) is 3.28. The summed E-state index contributed by atoms with van der Waals surface area (Å²) in [7, 11) is 0. The summed E-state index contributed by atoms with van der Waals surface area (Å²) in [5.41, 5.74) is 2.18. The minimum absolute atomic E-state index is 0.546. The van der Waals surface area contributed by atoms with Crippen molar-refractivity contribution in [2.24, 2.45) is 0 Å². The Morgan fingerprint density at radius 2 is 2.21 bits per heavy atom. The predicted molar refractivity (Wildman–Crippen MR) is 77.5 cm³/mol. The number of benzene rings is 1. The Morgan fingerprint density at radius 1 is 1.37 bits per heavy atom. The summed E-state index contributed by atoms with van der Waals surface area (Å²) in [6, 6.07) is 8.80. The van der Waals surface area contributed by atoms with Crippen LogP contribution < -0.4 is 10.1 Å². The van der Waals surface area contributed by atoms with Gasteiger partial charge >= 0.3 is 0 Å². The molecule has 0 bridgehead atoms. The summed E-state index contributed by atoms with van der Waals surface area (Å²) < 4.78 is 5.80. The number of nitrogens with one attached hydrogen (secondary N) is 1. The molecule has 3 nitrogen and oxygen atoms in total. The number of hydrogen-bond acceptors (Lipinski definition) is 4. The minimum Gasteiger partial charge on any atom is -0.487 e. The van der Waals surface area contributed by atoms with E-state index in [1.165, 1.54) is 12.8 Å². The highest BCUT2D eigenvalue weighted by molar-refractivity contribution is 7.09. The van der Waals surface area contributed by atoms with E-state index in [4.69, 9.17) is 4.74 Å². The van der Waals surface area contributed by atoms with Gasteiger partial charge in [0.25, 0.3) is 0 Å². The molecule has 0 radical (unpaired) electrons. The van der Waals surface area contributed by atoms with Gasteiger partial charge in [-0.1, -0.05) is 18.2 Å². The first-order valence-corrected chi connectivity index (χ1v) is 7.54. The molecule has 1 aromatic heterocycles. The highest BCUT2D eigenvalue weighted by Crippen LogP contribution is 2.21. The largest absolute Gasteiger partial charge is 0.487 e. The average Bonchev–Trinajstić information content (AvgIpc) is 3.14. The maximum absolute atomic E-state index is 5.80. The van der Waals surface area contributed by atoms with E-state index in [1.54, 1.807) is 11.3 Å². The lowest BCUT2D eigenvalue weighted by atomic mass is 10.2. The zero-order chi connectivity index (χ0) is 13.1. The average molecular weight is 274 g/mol. The first-order valence-electron chi connectivity index (χ1n) is 6.66. The molecule has 1 saturated carbocycles. The summed E-state index contributed by atoms with van der Waals surface area (Å²) in [6.45, 7) is 3.49. The van der Waals surface area contributed by atoms with Crippen molar-refractivity contribution in [1.82, 2.24) is 10.3 Å². The molecule has 4 heteroatoms. The number of nitrogens with zero attached hydrogens (tertiary/aromatic N) is 1. The molecule has 0 aliphatic heterocycles. The fraction of sp³-hybridized carbons (Fsp3) is 0.400. The monoisotopic (exact) mass is 274 g/mol. The van der Waals surface area contributed by atoms with Crippen LogP contribution in [0.15, 0.2) is 29.6 Å². The minimum atomic E-state index is 0.546. The van der Waals surface area contributed by atoms with Gasteiger partial charge in [0.1, 0.15) is 17.4 Å². The first-order chi connectivity index (χ1) is 9.31. The highest BCUT2D eigenvalue weighted by atomic mass is 32.1. The lowest BCUT2D eigenvalue weighted by molar-refractivity contribution is 0.300. The van der Waals surface area contributed by atoms with Gasteiger partial charge in [-0.3, -0.25) is 0 Å². The van der Waals surface area contributed by atoms with Gasteiger partial charge in [-0.2, -0.15) is 0 Å². The van der Waals surface area contributed by atoms with Crippen LogP contribution in [0, 0.1) is 6.92 Å². The Morgan fingerprint density at radius 3 is 3.00 bits per heavy atom. The van der Waals surface area contributed by atoms with Gasteiger partial charge in [-0.15, -0.1) is 11.3 Å². The second kappa shape index (κ2) is 5.72. The summed E-state index contributed by atoms with van der Waals surface area (Å²) in [4.78, 5) is 4.59. The van der Waals surface area contributed by atoms with E-state index in [0.717, 1.165) is 34.6 Å². The van der Waals surface area contributed by atoms with Crippen LogP contribution in [0.25, 0.3) is 0 Å². The maximum Gasteiger partial charge on any atom is 0.131 e. The van der Waals surface area contributed by atoms with Crippen molar-refractivity contribution in [1.29, 1.82) is 0 Å². The van der Waals surface area contributed by atoms with Crippen LogP contribution in [0.5, 0.6) is 5.75 Å². The fourth-order valence-corrected chi connectivity index (χ4v) is 2.62. The maximum atomic E-state index is 5.80. The van der Waals surface area contributed by atoms with Crippen LogP contribution in [-0.4, -0.2) is 11.0 Å². The van der Waals surface area contributed by atoms with Gasteiger partial charge in [-0.25, -0.2) is 4.98 Å². The van der Waals surface area contributed by atoms with Crippen molar-refractivity contribution in [2.75, 3.05) is 0 Å². The fourth-order valence-electron chi connectivity index (χ4n) is 1.89. The molecule has 0 saturated heterocycles. The van der Waals surface area contributed by atoms with Gasteiger partial charge in [-0.05, 0) is 31.4 Å². The van der Waals surface area contributed by atoms with Crippen molar-refractivity contribution in [3.63, 3.8) is 0 Å². The zero-order valence-corrected chi connectivity index (χ0v) is 11.9. The van der Waals surface area contributed by atoms with Gasteiger partial charge in [0.2, 0.25) is 0 Å². The standard InChI is InChI=1S/C15H18N2OS/c1-11-4-2-3-5-14(11)18-9-13-10-19-15(17-13)8-16-12-6-7-12/h2-5,10,12,16H,6-9H2,1H3. The summed E-state index contributed by atoms with van der Waals surface area (Å²) in [5, 5.41) is 6.71. The third kappa shape index (κ3) is 3.55. The summed E-state index contributed by atoms with van der Waals surface area (Å²) in [6.07, 6.45) is 2.63. The van der Waals surface area contributed by atoms with Gasteiger partial charge in [0.15, 0.2) is 0 Å². The van der Waals surface area contributed by atoms with Crippen molar-refractivity contribution < 1.29 is 4.74 Å². The van der Waals surface area contributed by atoms with Crippen LogP contribution in [0.1, 0.15) is 29.1 Å². The molecule has 3 rings (SSSR count). The molecule has 1 heterocycles. The summed E-state index contributed by atoms with van der Waals surface area (Å²) in [5.74, 6) is 0.938. The van der Waals surface area contributed by atoms with E-state index < -0.39 is 0 Å². The number of hydrogen-bond donors (Lipinski definition) is 1. The van der Waals surface area contributed by atoms with E-state index in [0.29, 0.717) is 6.61 Å². The molecule has 1 N–H and O–H groups in total. The van der Waals surface area contributed by atoms with Crippen LogP contribution in [0.3, 0.4) is 0 Å². The van der Waals surface area contributed by atoms with E-state index in [9.17, 15) is 0 Å². The number of aromatic nitrogens is 1. The van der Waals surface area contributed by atoms with Gasteiger partial charge in [0, 0.05) is 18.0 Å². The number of para-hydroxylation sites is 1. The van der Waals surface area contributed by atoms with E-state index in [1.807, 2.05) is 18.2 Å². The lowest BCUT2D eigenvalue weighted by Crippen LogP contribution is -2.15. The second-order valence-corrected chi connectivity index (χ2v) is 5.88. The van der Waals surface area contributed by atoms with Crippen LogP contribution in [0.4, 0.5) is 0 Å². The third-order valence-corrected chi connectivity index (χ3v) is 4.09. The number of aryl methyl sites for hydroxylation is 1. The van der Waals surface area contributed by atoms with E-state index >= 15 is 0 Å². The number of rotatable bonds is 6. The first kappa shape index (κ1) is 12.6. The van der Waals surface area contributed by atoms with Crippen LogP contribution in [-0.2, 0) is 13.2 Å². The molecule has 1 aliphatic carbocycles. The number of thiazole rings is 1. The molecule has 2 aromatic rings. The van der Waals surface area contributed by atoms with Crippen molar-refractivity contribution in [3.05, 3.63) is 45.9 Å². The molecule has 1 aliphatic rings. The van der Waals surface area contributed by atoms with E-state index in [-0.39, 0.29) is 0 Å². The van der Waals surface area contributed by atoms with Crippen molar-refractivity contribution in [2.45, 2.75) is 39.0 Å².